The summed E-state index contributed by atoms with van der Waals surface area (Å²) in [7, 11) is 0. The van der Waals surface area contributed by atoms with Gasteiger partial charge >= 0.3 is 0 Å². The molecule has 3 heterocycles. The van der Waals surface area contributed by atoms with Crippen molar-refractivity contribution in [1.29, 1.82) is 0 Å². The minimum atomic E-state index is -0.149. The number of fused-ring (bicyclic) bond motifs is 1. The molecule has 0 saturated heterocycles. The summed E-state index contributed by atoms with van der Waals surface area (Å²) in [6.07, 6.45) is 8.67. The summed E-state index contributed by atoms with van der Waals surface area (Å²) in [6, 6.07) is 1.82. The van der Waals surface area contributed by atoms with E-state index in [1.54, 1.807) is 24.9 Å². The number of imidazole rings is 1. The lowest BCUT2D eigenvalue weighted by Crippen LogP contribution is -2.26. The number of amides is 1. The summed E-state index contributed by atoms with van der Waals surface area (Å²) in [5.41, 5.74) is 6.53. The molecule has 0 unspecified atom stereocenters. The van der Waals surface area contributed by atoms with Crippen molar-refractivity contribution in [2.45, 2.75) is 6.54 Å². The van der Waals surface area contributed by atoms with Crippen molar-refractivity contribution >= 4 is 33.0 Å². The van der Waals surface area contributed by atoms with E-state index >= 15 is 0 Å². The Bertz CT molecular complexity index is 734. The molecule has 0 aromatic carbocycles. The fourth-order valence-corrected chi connectivity index (χ4v) is 2.94. The summed E-state index contributed by atoms with van der Waals surface area (Å²) >= 11 is 1.36. The van der Waals surface area contributed by atoms with Gasteiger partial charge in [0.25, 0.3) is 5.91 Å². The topological polar surface area (TPSA) is 85.8 Å². The average Bonchev–Trinajstić information content (AvgIpc) is 3.08. The zero-order valence-electron chi connectivity index (χ0n) is 10.6. The average molecular weight is 287 g/mol. The first-order valence-electron chi connectivity index (χ1n) is 6.11. The molecule has 0 spiro atoms. The number of nitrogens with zero attached hydrogens (tertiary/aromatic N) is 3. The van der Waals surface area contributed by atoms with Gasteiger partial charge in [-0.2, -0.15) is 0 Å². The van der Waals surface area contributed by atoms with Crippen LogP contribution in [0.15, 0.2) is 37.2 Å². The zero-order chi connectivity index (χ0) is 13.9. The van der Waals surface area contributed by atoms with Gasteiger partial charge in [0, 0.05) is 43.3 Å². The van der Waals surface area contributed by atoms with Gasteiger partial charge in [0.05, 0.1) is 16.7 Å². The summed E-state index contributed by atoms with van der Waals surface area (Å²) in [4.78, 5) is 20.7. The van der Waals surface area contributed by atoms with Crippen LogP contribution in [0.3, 0.4) is 0 Å². The Balaban J connectivity index is 1.71. The van der Waals surface area contributed by atoms with Gasteiger partial charge in [-0.25, -0.2) is 4.98 Å². The number of carbonyl (C=O) groups is 1. The Morgan fingerprint density at radius 2 is 2.30 bits per heavy atom. The molecule has 20 heavy (non-hydrogen) atoms. The Kier molecular flexibility index (Phi) is 3.34. The maximum absolute atomic E-state index is 12.1. The predicted octanol–water partition coefficient (Wildman–Crippen LogP) is 1.50. The van der Waals surface area contributed by atoms with Gasteiger partial charge in [0.2, 0.25) is 0 Å². The number of nitrogens with one attached hydrogen (secondary N) is 1. The van der Waals surface area contributed by atoms with Crippen LogP contribution in [-0.2, 0) is 6.54 Å². The molecule has 3 rings (SSSR count). The number of thiophene rings is 1. The second-order valence-electron chi connectivity index (χ2n) is 4.27. The van der Waals surface area contributed by atoms with E-state index in [4.69, 9.17) is 5.73 Å². The predicted molar refractivity (Wildman–Crippen MR) is 78.6 cm³/mol. The highest BCUT2D eigenvalue weighted by Gasteiger charge is 2.15. The number of nitrogens with two attached hydrogens (primary N) is 1. The molecule has 3 N–H and O–H groups in total. The molecule has 0 aliphatic rings. The van der Waals surface area contributed by atoms with Crippen molar-refractivity contribution in [2.75, 3.05) is 12.3 Å². The fourth-order valence-electron chi connectivity index (χ4n) is 1.94. The Hall–Kier alpha value is -2.41. The van der Waals surface area contributed by atoms with Crippen LogP contribution < -0.4 is 11.1 Å². The minimum Gasteiger partial charge on any atom is -0.397 e. The lowest BCUT2D eigenvalue weighted by Gasteiger charge is -2.05. The van der Waals surface area contributed by atoms with Crippen molar-refractivity contribution in [3.8, 4) is 0 Å². The number of hydrogen-bond donors (Lipinski definition) is 2. The van der Waals surface area contributed by atoms with E-state index < -0.39 is 0 Å². The Labute approximate surface area is 119 Å². The highest BCUT2D eigenvalue weighted by Crippen LogP contribution is 2.32. The van der Waals surface area contributed by atoms with Gasteiger partial charge in [-0.15, -0.1) is 11.3 Å². The van der Waals surface area contributed by atoms with Gasteiger partial charge in [-0.05, 0) is 6.07 Å². The first-order valence-corrected chi connectivity index (χ1v) is 6.93. The highest BCUT2D eigenvalue weighted by atomic mass is 32.1. The molecular weight excluding hydrogens is 274 g/mol. The molecule has 0 radical (unpaired) electrons. The van der Waals surface area contributed by atoms with Crippen LogP contribution >= 0.6 is 11.3 Å². The lowest BCUT2D eigenvalue weighted by molar-refractivity contribution is 0.0957. The lowest BCUT2D eigenvalue weighted by atomic mass is 10.2. The Morgan fingerprint density at radius 1 is 1.40 bits per heavy atom. The number of aromatic nitrogens is 3. The SMILES string of the molecule is Nc1c(C(=O)NCCn2ccnc2)sc2cnccc12. The normalized spacial score (nSPS) is 10.8. The molecule has 0 aliphatic carbocycles. The molecule has 0 aliphatic heterocycles. The largest absolute Gasteiger partial charge is 0.397 e. The first kappa shape index (κ1) is 12.6. The smallest absolute Gasteiger partial charge is 0.263 e. The number of anilines is 1. The highest BCUT2D eigenvalue weighted by molar-refractivity contribution is 7.21. The third-order valence-corrected chi connectivity index (χ3v) is 4.11. The first-order chi connectivity index (χ1) is 9.75. The van der Waals surface area contributed by atoms with Gasteiger partial charge < -0.3 is 15.6 Å². The van der Waals surface area contributed by atoms with E-state index in [2.05, 4.69) is 15.3 Å². The van der Waals surface area contributed by atoms with Crippen LogP contribution in [0.2, 0.25) is 0 Å². The number of hydrogen-bond acceptors (Lipinski definition) is 5. The standard InChI is InChI=1S/C13H13N5OS/c14-11-9-1-2-15-7-10(9)20-12(11)13(19)17-4-6-18-5-3-16-8-18/h1-3,5,7-8H,4,6,14H2,(H,17,19). The number of carbonyl (C=O) groups excluding carboxylic acids is 1. The van der Waals surface area contributed by atoms with E-state index in [-0.39, 0.29) is 5.91 Å². The second-order valence-corrected chi connectivity index (χ2v) is 5.33. The van der Waals surface area contributed by atoms with Crippen molar-refractivity contribution in [3.63, 3.8) is 0 Å². The molecule has 1 amide bonds. The molecule has 0 bridgehead atoms. The second kappa shape index (κ2) is 5.30. The van der Waals surface area contributed by atoms with E-state index in [0.717, 1.165) is 10.1 Å². The third-order valence-electron chi connectivity index (χ3n) is 2.95. The molecule has 3 aromatic heterocycles. The number of pyridine rings is 1. The minimum absolute atomic E-state index is 0.149. The van der Waals surface area contributed by atoms with Crippen molar-refractivity contribution < 1.29 is 4.79 Å². The van der Waals surface area contributed by atoms with Gasteiger partial charge in [-0.1, -0.05) is 0 Å². The molecule has 7 heteroatoms. The van der Waals surface area contributed by atoms with Gasteiger partial charge in [0.15, 0.2) is 0 Å². The Morgan fingerprint density at radius 3 is 3.05 bits per heavy atom. The van der Waals surface area contributed by atoms with Crippen molar-refractivity contribution in [3.05, 3.63) is 42.1 Å². The van der Waals surface area contributed by atoms with Gasteiger partial charge in [-0.3, -0.25) is 9.78 Å². The van der Waals surface area contributed by atoms with Gasteiger partial charge in [0.1, 0.15) is 4.88 Å². The monoisotopic (exact) mass is 287 g/mol. The van der Waals surface area contributed by atoms with Crippen LogP contribution in [0.25, 0.3) is 10.1 Å². The summed E-state index contributed by atoms with van der Waals surface area (Å²) in [6.45, 7) is 1.21. The molecule has 6 nitrogen and oxygen atoms in total. The van der Waals surface area contributed by atoms with Crippen molar-refractivity contribution in [2.24, 2.45) is 0 Å². The fraction of sp³-hybridized carbons (Fsp3) is 0.154. The maximum Gasteiger partial charge on any atom is 0.263 e. The molecule has 0 fully saturated rings. The van der Waals surface area contributed by atoms with Crippen LogP contribution in [0.4, 0.5) is 5.69 Å². The van der Waals surface area contributed by atoms with E-state index in [9.17, 15) is 4.79 Å². The van der Waals surface area contributed by atoms with Crippen LogP contribution in [0, 0.1) is 0 Å². The molecule has 0 saturated carbocycles. The van der Waals surface area contributed by atoms with Crippen LogP contribution in [0.1, 0.15) is 9.67 Å². The molecule has 0 atom stereocenters. The summed E-state index contributed by atoms with van der Waals surface area (Å²) < 4.78 is 2.82. The van der Waals surface area contributed by atoms with Crippen LogP contribution in [-0.4, -0.2) is 27.0 Å². The number of nitrogen functional groups attached to an aromatic ring is 1. The number of rotatable bonds is 4. The maximum atomic E-state index is 12.1. The summed E-state index contributed by atoms with van der Waals surface area (Å²) in [5, 5.41) is 3.74. The van der Waals surface area contributed by atoms with Crippen LogP contribution in [0.5, 0.6) is 0 Å². The van der Waals surface area contributed by atoms with Crippen molar-refractivity contribution in [1.82, 2.24) is 19.9 Å². The van der Waals surface area contributed by atoms with E-state index in [1.165, 1.54) is 11.3 Å². The quantitative estimate of drug-likeness (QED) is 0.761. The zero-order valence-corrected chi connectivity index (χ0v) is 11.4. The molecular formula is C13H13N5OS. The summed E-state index contributed by atoms with van der Waals surface area (Å²) in [5.74, 6) is -0.149. The molecule has 102 valence electrons. The van der Waals surface area contributed by atoms with E-state index in [0.29, 0.717) is 23.7 Å². The van der Waals surface area contributed by atoms with E-state index in [1.807, 2.05) is 16.8 Å². The third kappa shape index (κ3) is 2.35. The molecule has 3 aromatic rings.